The molecule has 7 nitrogen and oxygen atoms in total. The molecule has 1 N–H and O–H groups in total. The number of phenolic OH excluding ortho intramolecular Hbond substituents is 1. The number of aromatic hydroxyl groups is 1. The first kappa shape index (κ1) is 22.3. The first-order valence-corrected chi connectivity index (χ1v) is 11.1. The van der Waals surface area contributed by atoms with Crippen molar-refractivity contribution >= 4 is 28.9 Å². The number of aromatic nitrogens is 3. The van der Waals surface area contributed by atoms with Gasteiger partial charge in [0.05, 0.1) is 11.4 Å². The van der Waals surface area contributed by atoms with Crippen LogP contribution in [0.15, 0.2) is 30.5 Å². The van der Waals surface area contributed by atoms with Crippen molar-refractivity contribution in [2.75, 3.05) is 13.1 Å². The summed E-state index contributed by atoms with van der Waals surface area (Å²) in [5, 5.41) is 10.9. The van der Waals surface area contributed by atoms with Crippen molar-refractivity contribution in [3.63, 3.8) is 0 Å². The summed E-state index contributed by atoms with van der Waals surface area (Å²) in [6.45, 7) is 8.68. The molecule has 0 saturated carbocycles. The average molecular weight is 455 g/mol. The van der Waals surface area contributed by atoms with Gasteiger partial charge in [0.15, 0.2) is 5.65 Å². The summed E-state index contributed by atoms with van der Waals surface area (Å²) < 4.78 is 5.53. The number of amides is 1. The Balaban J connectivity index is 1.63. The van der Waals surface area contributed by atoms with Gasteiger partial charge in [0.2, 0.25) is 0 Å². The van der Waals surface area contributed by atoms with Crippen LogP contribution in [0, 0.1) is 6.92 Å². The summed E-state index contributed by atoms with van der Waals surface area (Å²) in [6, 6.07) is 6.95. The molecule has 1 atom stereocenters. The molecular weight excluding hydrogens is 428 g/mol. The summed E-state index contributed by atoms with van der Waals surface area (Å²) in [6.07, 6.45) is 3.24. The number of rotatable bonds is 2. The molecule has 4 rings (SSSR count). The monoisotopic (exact) mass is 454 g/mol. The maximum atomic E-state index is 12.5. The predicted octanol–water partition coefficient (Wildman–Crippen LogP) is 5.47. The van der Waals surface area contributed by atoms with E-state index in [4.69, 9.17) is 21.3 Å². The van der Waals surface area contributed by atoms with Crippen LogP contribution in [0.3, 0.4) is 0 Å². The number of carbonyl (C=O) groups excluding carboxylic acids is 1. The summed E-state index contributed by atoms with van der Waals surface area (Å²) in [4.78, 5) is 28.2. The topological polar surface area (TPSA) is 88.4 Å². The number of phenols is 1. The minimum atomic E-state index is -0.529. The summed E-state index contributed by atoms with van der Waals surface area (Å²) in [7, 11) is 0. The Kier molecular flexibility index (Phi) is 5.95. The Labute approximate surface area is 192 Å². The molecule has 1 aliphatic heterocycles. The van der Waals surface area contributed by atoms with Gasteiger partial charge in [0.25, 0.3) is 0 Å². The van der Waals surface area contributed by atoms with Crippen molar-refractivity contribution < 1.29 is 14.6 Å². The molecular formula is C24H27ClN4O3. The second kappa shape index (κ2) is 8.54. The zero-order valence-electron chi connectivity index (χ0n) is 18.7. The number of halogens is 1. The van der Waals surface area contributed by atoms with Crippen LogP contribution in [0.1, 0.15) is 50.8 Å². The number of ether oxygens (including phenoxy) is 1. The molecule has 1 fully saturated rings. The highest BCUT2D eigenvalue weighted by Gasteiger charge is 2.29. The third-order valence-electron chi connectivity index (χ3n) is 5.45. The molecule has 32 heavy (non-hydrogen) atoms. The van der Waals surface area contributed by atoms with Crippen LogP contribution in [0.5, 0.6) is 5.75 Å². The summed E-state index contributed by atoms with van der Waals surface area (Å²) in [5.74, 6) is 0.135. The number of fused-ring (bicyclic) bond motifs is 1. The Morgan fingerprint density at radius 3 is 2.75 bits per heavy atom. The van der Waals surface area contributed by atoms with E-state index in [0.29, 0.717) is 40.5 Å². The van der Waals surface area contributed by atoms with Crippen molar-refractivity contribution in [1.82, 2.24) is 19.9 Å². The lowest BCUT2D eigenvalue weighted by molar-refractivity contribution is 0.0197. The molecule has 1 aliphatic rings. The fraction of sp³-hybridized carbons (Fsp3) is 0.417. The average Bonchev–Trinajstić information content (AvgIpc) is 2.71. The molecule has 3 aromatic rings. The zero-order valence-corrected chi connectivity index (χ0v) is 19.5. The highest BCUT2D eigenvalue weighted by Crippen LogP contribution is 2.35. The highest BCUT2D eigenvalue weighted by molar-refractivity contribution is 6.31. The van der Waals surface area contributed by atoms with E-state index in [1.54, 1.807) is 17.2 Å². The van der Waals surface area contributed by atoms with Crippen LogP contribution < -0.4 is 0 Å². The van der Waals surface area contributed by atoms with E-state index in [0.717, 1.165) is 24.1 Å². The Morgan fingerprint density at radius 1 is 1.25 bits per heavy atom. The second-order valence-electron chi connectivity index (χ2n) is 9.22. The SMILES string of the molecule is Cc1cc(Cl)cc(O)c1-c1ccc2ncc([C@@H]3CCCN(C(=O)OC(C)(C)C)C3)nc2n1. The Hall–Kier alpha value is -2.93. The Bertz CT molecular complexity index is 1150. The number of aryl methyl sites for hydroxylation is 1. The van der Waals surface area contributed by atoms with Gasteiger partial charge in [-0.05, 0) is 70.4 Å². The van der Waals surface area contributed by atoms with Crippen LogP contribution in [-0.2, 0) is 4.74 Å². The van der Waals surface area contributed by atoms with Gasteiger partial charge >= 0.3 is 6.09 Å². The number of nitrogens with zero attached hydrogens (tertiary/aromatic N) is 4. The van der Waals surface area contributed by atoms with Crippen molar-refractivity contribution in [3.05, 3.63) is 46.7 Å². The van der Waals surface area contributed by atoms with Crippen molar-refractivity contribution in [2.45, 2.75) is 52.1 Å². The van der Waals surface area contributed by atoms with Crippen LogP contribution in [-0.4, -0.2) is 49.7 Å². The lowest BCUT2D eigenvalue weighted by Crippen LogP contribution is -2.42. The summed E-state index contributed by atoms with van der Waals surface area (Å²) >= 11 is 6.04. The maximum absolute atomic E-state index is 12.5. The fourth-order valence-electron chi connectivity index (χ4n) is 4.02. The predicted molar refractivity (Wildman–Crippen MR) is 124 cm³/mol. The molecule has 168 valence electrons. The highest BCUT2D eigenvalue weighted by atomic mass is 35.5. The van der Waals surface area contributed by atoms with Gasteiger partial charge < -0.3 is 14.7 Å². The number of carbonyl (C=O) groups is 1. The van der Waals surface area contributed by atoms with E-state index in [1.165, 1.54) is 6.07 Å². The Morgan fingerprint density at radius 2 is 2.03 bits per heavy atom. The number of piperidine rings is 1. The van der Waals surface area contributed by atoms with Gasteiger partial charge in [-0.3, -0.25) is 4.98 Å². The molecule has 8 heteroatoms. The van der Waals surface area contributed by atoms with Crippen LogP contribution in [0.25, 0.3) is 22.4 Å². The third-order valence-corrected chi connectivity index (χ3v) is 5.67. The number of benzene rings is 1. The molecule has 1 saturated heterocycles. The van der Waals surface area contributed by atoms with Crippen LogP contribution >= 0.6 is 11.6 Å². The van der Waals surface area contributed by atoms with Crippen molar-refractivity contribution in [3.8, 4) is 17.0 Å². The minimum Gasteiger partial charge on any atom is -0.507 e. The van der Waals surface area contributed by atoms with Gasteiger partial charge in [0.1, 0.15) is 16.9 Å². The first-order chi connectivity index (χ1) is 15.1. The quantitative estimate of drug-likeness (QED) is 0.552. The minimum absolute atomic E-state index is 0.0595. The molecule has 0 aliphatic carbocycles. The molecule has 2 aromatic heterocycles. The second-order valence-corrected chi connectivity index (χ2v) is 9.65. The molecule has 0 unspecified atom stereocenters. The smallest absolute Gasteiger partial charge is 0.410 e. The lowest BCUT2D eigenvalue weighted by Gasteiger charge is -2.33. The largest absolute Gasteiger partial charge is 0.507 e. The van der Waals surface area contributed by atoms with Gasteiger partial charge in [-0.15, -0.1) is 0 Å². The van der Waals surface area contributed by atoms with E-state index >= 15 is 0 Å². The van der Waals surface area contributed by atoms with E-state index < -0.39 is 5.60 Å². The first-order valence-electron chi connectivity index (χ1n) is 10.7. The fourth-order valence-corrected chi connectivity index (χ4v) is 4.28. The summed E-state index contributed by atoms with van der Waals surface area (Å²) in [5.41, 5.74) is 3.50. The van der Waals surface area contributed by atoms with E-state index in [1.807, 2.05) is 39.8 Å². The van der Waals surface area contributed by atoms with E-state index in [2.05, 4.69) is 9.97 Å². The lowest BCUT2D eigenvalue weighted by atomic mass is 9.95. The number of hydrogen-bond donors (Lipinski definition) is 1. The maximum Gasteiger partial charge on any atom is 0.410 e. The molecule has 0 bridgehead atoms. The standard InChI is InChI=1S/C24H27ClN4O3/c1-14-10-16(25)11-20(30)21(14)17-7-8-18-22(27-17)28-19(12-26-18)15-6-5-9-29(13-15)23(31)32-24(2,3)4/h7-8,10-12,15,30H,5-6,9,13H2,1-4H3/t15-/m1/s1. The number of hydrogen-bond acceptors (Lipinski definition) is 6. The van der Waals surface area contributed by atoms with Gasteiger partial charge in [0, 0.05) is 35.8 Å². The third kappa shape index (κ3) is 4.78. The number of likely N-dealkylation sites (tertiary alicyclic amines) is 1. The molecule has 1 aromatic carbocycles. The molecule has 1 amide bonds. The van der Waals surface area contributed by atoms with Gasteiger partial charge in [-0.1, -0.05) is 11.6 Å². The van der Waals surface area contributed by atoms with Crippen molar-refractivity contribution in [1.29, 1.82) is 0 Å². The van der Waals surface area contributed by atoms with E-state index in [-0.39, 0.29) is 17.8 Å². The number of pyridine rings is 1. The van der Waals surface area contributed by atoms with Crippen LogP contribution in [0.4, 0.5) is 4.79 Å². The molecule has 3 heterocycles. The van der Waals surface area contributed by atoms with Gasteiger partial charge in [-0.25, -0.2) is 14.8 Å². The van der Waals surface area contributed by atoms with Crippen molar-refractivity contribution in [2.24, 2.45) is 0 Å². The normalized spacial score (nSPS) is 16.9. The molecule has 0 radical (unpaired) electrons. The molecule has 0 spiro atoms. The van der Waals surface area contributed by atoms with Gasteiger partial charge in [-0.2, -0.15) is 0 Å². The van der Waals surface area contributed by atoms with Crippen LogP contribution in [0.2, 0.25) is 5.02 Å². The zero-order chi connectivity index (χ0) is 23.0. The van der Waals surface area contributed by atoms with E-state index in [9.17, 15) is 9.90 Å².